The van der Waals surface area contributed by atoms with Crippen LogP contribution in [0, 0.1) is 0 Å². The van der Waals surface area contributed by atoms with E-state index in [0.29, 0.717) is 31.6 Å². The van der Waals surface area contributed by atoms with Crippen LogP contribution in [-0.4, -0.2) is 18.1 Å². The van der Waals surface area contributed by atoms with Gasteiger partial charge in [0.05, 0.1) is 21.3 Å². The number of hydrogen-bond acceptors (Lipinski definition) is 6. The number of carbonyl (C=O) groups excluding carboxylic acids is 2. The molecule has 5 rings (SSSR count). The lowest BCUT2D eigenvalue weighted by Gasteiger charge is -2.18. The van der Waals surface area contributed by atoms with Gasteiger partial charge in [-0.15, -0.1) is 22.7 Å². The lowest BCUT2D eigenvalue weighted by Crippen LogP contribution is -2.16. The Hall–Kier alpha value is -2.94. The lowest BCUT2D eigenvalue weighted by molar-refractivity contribution is 0.0739. The number of esters is 1. The first kappa shape index (κ1) is 27.6. The highest BCUT2D eigenvalue weighted by atomic mass is 35.5. The number of benzene rings is 3. The molecule has 0 fully saturated rings. The van der Waals surface area contributed by atoms with Crippen molar-refractivity contribution in [3.63, 3.8) is 0 Å². The molecule has 0 radical (unpaired) electrons. The number of hydrogen-bond donors (Lipinski definition) is 1. The van der Waals surface area contributed by atoms with E-state index in [1.54, 1.807) is 36.4 Å². The van der Waals surface area contributed by atoms with Crippen molar-refractivity contribution in [2.75, 3.05) is 0 Å². The van der Waals surface area contributed by atoms with Gasteiger partial charge < -0.3 is 4.74 Å². The second kappa shape index (κ2) is 10.9. The molecule has 2 heterocycles. The van der Waals surface area contributed by atoms with Crippen LogP contribution in [0.4, 0.5) is 0 Å². The number of rotatable bonds is 5. The first-order valence-electron chi connectivity index (χ1n) is 11.8. The van der Waals surface area contributed by atoms with E-state index in [4.69, 9.17) is 39.5 Å². The van der Waals surface area contributed by atoms with E-state index >= 15 is 0 Å². The number of ether oxygens (including phenoxy) is 1. The summed E-state index contributed by atoms with van der Waals surface area (Å²) in [6.45, 7) is 6.42. The lowest BCUT2D eigenvalue weighted by atomic mass is 9.87. The highest BCUT2D eigenvalue weighted by Crippen LogP contribution is 2.40. The summed E-state index contributed by atoms with van der Waals surface area (Å²) in [7, 11) is 0. The van der Waals surface area contributed by atoms with E-state index in [1.165, 1.54) is 34.5 Å². The molecule has 0 bridgehead atoms. The number of nitrogens with zero attached hydrogens (tertiary/aromatic N) is 1. The van der Waals surface area contributed by atoms with Gasteiger partial charge in [0.25, 0.3) is 5.91 Å². The molecule has 0 aliphatic carbocycles. The standard InChI is InChI=1S/C29H21Cl3N2O3S2/c1-29(2,3)16-9-12-18-21(13-16)39-25(23(18)31)27(35)34-33-14-15-7-10-17(11-8-15)37-28(36)26-24(32)22-19(30)5-4-6-20(22)38-26/h4-14H,1-3H3,(H,34,35). The van der Waals surface area contributed by atoms with Crippen molar-refractivity contribution in [3.8, 4) is 5.75 Å². The molecule has 0 aliphatic rings. The molecule has 0 spiro atoms. The third-order valence-corrected chi connectivity index (χ3v) is 9.56. The second-order valence-electron chi connectivity index (χ2n) is 9.72. The zero-order chi connectivity index (χ0) is 27.9. The molecule has 0 aliphatic heterocycles. The number of carbonyl (C=O) groups is 2. The molecule has 1 amide bonds. The predicted octanol–water partition coefficient (Wildman–Crippen LogP) is 9.36. The molecule has 39 heavy (non-hydrogen) atoms. The first-order chi connectivity index (χ1) is 18.5. The van der Waals surface area contributed by atoms with E-state index in [9.17, 15) is 9.59 Å². The van der Waals surface area contributed by atoms with Crippen LogP contribution < -0.4 is 10.2 Å². The van der Waals surface area contributed by atoms with Gasteiger partial charge in [-0.2, -0.15) is 5.10 Å². The minimum Gasteiger partial charge on any atom is -0.422 e. The molecule has 0 atom stereocenters. The predicted molar refractivity (Wildman–Crippen MR) is 164 cm³/mol. The van der Waals surface area contributed by atoms with Gasteiger partial charge in [-0.25, -0.2) is 10.2 Å². The number of halogens is 3. The first-order valence-corrected chi connectivity index (χ1v) is 14.5. The fraction of sp³-hybridized carbons (Fsp3) is 0.138. The maximum Gasteiger partial charge on any atom is 0.355 e. The van der Waals surface area contributed by atoms with Gasteiger partial charge >= 0.3 is 5.97 Å². The molecule has 3 aromatic carbocycles. The Balaban J connectivity index is 1.24. The van der Waals surface area contributed by atoms with Crippen molar-refractivity contribution in [1.29, 1.82) is 0 Å². The Morgan fingerprint density at radius 3 is 2.31 bits per heavy atom. The summed E-state index contributed by atoms with van der Waals surface area (Å²) in [5.41, 5.74) is 4.39. The molecule has 5 aromatic rings. The highest BCUT2D eigenvalue weighted by molar-refractivity contribution is 7.22. The van der Waals surface area contributed by atoms with Crippen LogP contribution in [0.1, 0.15) is 51.2 Å². The Morgan fingerprint density at radius 1 is 0.897 bits per heavy atom. The van der Waals surface area contributed by atoms with Crippen LogP contribution in [0.25, 0.3) is 20.2 Å². The van der Waals surface area contributed by atoms with Crippen LogP contribution in [0.15, 0.2) is 65.8 Å². The third-order valence-electron chi connectivity index (χ3n) is 5.96. The van der Waals surface area contributed by atoms with E-state index in [-0.39, 0.29) is 21.2 Å². The average Bonchev–Trinajstić information content (AvgIpc) is 3.42. The quantitative estimate of drug-likeness (QED) is 0.0927. The van der Waals surface area contributed by atoms with Crippen molar-refractivity contribution >= 4 is 95.7 Å². The maximum absolute atomic E-state index is 12.8. The minimum atomic E-state index is -0.569. The number of thiophene rings is 2. The fourth-order valence-electron chi connectivity index (χ4n) is 3.87. The third kappa shape index (κ3) is 5.69. The van der Waals surface area contributed by atoms with Crippen molar-refractivity contribution in [1.82, 2.24) is 5.43 Å². The summed E-state index contributed by atoms with van der Waals surface area (Å²) in [6, 6.07) is 18.1. The van der Waals surface area contributed by atoms with Gasteiger partial charge in [-0.3, -0.25) is 4.79 Å². The smallest absolute Gasteiger partial charge is 0.355 e. The molecule has 0 saturated carbocycles. The minimum absolute atomic E-state index is 0.00872. The van der Waals surface area contributed by atoms with Gasteiger partial charge in [-0.1, -0.05) is 73.8 Å². The van der Waals surface area contributed by atoms with Crippen LogP contribution in [0.5, 0.6) is 5.75 Å². The Labute approximate surface area is 248 Å². The van der Waals surface area contributed by atoms with E-state index < -0.39 is 5.97 Å². The molecule has 2 aromatic heterocycles. The SMILES string of the molecule is CC(C)(C)c1ccc2c(Cl)c(C(=O)NN=Cc3ccc(OC(=O)c4sc5cccc(Cl)c5c4Cl)cc3)sc2c1. The summed E-state index contributed by atoms with van der Waals surface area (Å²) in [4.78, 5) is 26.2. The van der Waals surface area contributed by atoms with Gasteiger partial charge in [-0.05, 0) is 59.0 Å². The summed E-state index contributed by atoms with van der Waals surface area (Å²) in [5, 5.41) is 6.70. The Bertz CT molecular complexity index is 1770. The second-order valence-corrected chi connectivity index (χ2v) is 13.0. The molecule has 1 N–H and O–H groups in total. The van der Waals surface area contributed by atoms with Gasteiger partial charge in [0.1, 0.15) is 15.5 Å². The Morgan fingerprint density at radius 2 is 1.62 bits per heavy atom. The van der Waals surface area contributed by atoms with Crippen LogP contribution in [0.3, 0.4) is 0 Å². The summed E-state index contributed by atoms with van der Waals surface area (Å²) in [5.74, 6) is -0.617. The molecule has 10 heteroatoms. The maximum atomic E-state index is 12.8. The molecular weight excluding hydrogens is 595 g/mol. The summed E-state index contributed by atoms with van der Waals surface area (Å²) >= 11 is 21.7. The number of hydrazone groups is 1. The summed E-state index contributed by atoms with van der Waals surface area (Å²) < 4.78 is 7.25. The fourth-order valence-corrected chi connectivity index (χ4v) is 7.14. The molecule has 0 saturated heterocycles. The molecule has 198 valence electrons. The molecular formula is C29H21Cl3N2O3S2. The molecule has 0 unspecified atom stereocenters. The van der Waals surface area contributed by atoms with Crippen LogP contribution >= 0.6 is 57.5 Å². The van der Waals surface area contributed by atoms with Crippen LogP contribution in [0.2, 0.25) is 15.1 Å². The van der Waals surface area contributed by atoms with Crippen LogP contribution in [-0.2, 0) is 5.41 Å². The highest BCUT2D eigenvalue weighted by Gasteiger charge is 2.21. The van der Waals surface area contributed by atoms with E-state index in [1.807, 2.05) is 18.2 Å². The normalized spacial score (nSPS) is 11.9. The average molecular weight is 616 g/mol. The zero-order valence-corrected chi connectivity index (χ0v) is 24.9. The van der Waals surface area contributed by atoms with Gasteiger partial charge in [0, 0.05) is 20.2 Å². The number of amides is 1. The molecule has 5 nitrogen and oxygen atoms in total. The Kier molecular flexibility index (Phi) is 7.73. The van der Waals surface area contributed by atoms with Gasteiger partial charge in [0.15, 0.2) is 0 Å². The van der Waals surface area contributed by atoms with E-state index in [0.717, 1.165) is 14.8 Å². The number of fused-ring (bicyclic) bond motifs is 2. The monoisotopic (exact) mass is 614 g/mol. The zero-order valence-electron chi connectivity index (χ0n) is 21.0. The topological polar surface area (TPSA) is 67.8 Å². The van der Waals surface area contributed by atoms with Crippen molar-refractivity contribution in [2.24, 2.45) is 5.10 Å². The largest absolute Gasteiger partial charge is 0.422 e. The van der Waals surface area contributed by atoms with Crippen molar-refractivity contribution in [3.05, 3.63) is 96.6 Å². The summed E-state index contributed by atoms with van der Waals surface area (Å²) in [6.07, 6.45) is 1.49. The van der Waals surface area contributed by atoms with Crippen molar-refractivity contribution < 1.29 is 14.3 Å². The van der Waals surface area contributed by atoms with Crippen molar-refractivity contribution in [2.45, 2.75) is 26.2 Å². The van der Waals surface area contributed by atoms with E-state index in [2.05, 4.69) is 37.4 Å². The van der Waals surface area contributed by atoms with Gasteiger partial charge in [0.2, 0.25) is 0 Å². The number of nitrogens with one attached hydrogen (secondary N) is 1.